The summed E-state index contributed by atoms with van der Waals surface area (Å²) in [5, 5.41) is 0. The first-order valence-corrected chi connectivity index (χ1v) is 5.59. The van der Waals surface area contributed by atoms with E-state index in [9.17, 15) is 0 Å². The number of ether oxygens (including phenoxy) is 1. The highest BCUT2D eigenvalue weighted by atomic mass is 16.5. The summed E-state index contributed by atoms with van der Waals surface area (Å²) in [6.07, 6.45) is 5.95. The molecule has 0 unspecified atom stereocenters. The van der Waals surface area contributed by atoms with E-state index in [0.717, 1.165) is 47.7 Å². The van der Waals surface area contributed by atoms with Crippen molar-refractivity contribution in [2.45, 2.75) is 31.5 Å². The topological polar surface area (TPSA) is 9.23 Å². The van der Waals surface area contributed by atoms with Gasteiger partial charge in [-0.15, -0.1) is 0 Å². The number of hydrogen-bond acceptors (Lipinski definition) is 1. The first-order chi connectivity index (χ1) is 5.93. The zero-order chi connectivity index (χ0) is 7.45. The van der Waals surface area contributed by atoms with Gasteiger partial charge in [-0.25, -0.2) is 0 Å². The number of hydrogen-bond donors (Lipinski definition) is 0. The Kier molecular flexibility index (Phi) is 0.654. The van der Waals surface area contributed by atoms with Crippen molar-refractivity contribution in [3.63, 3.8) is 0 Å². The second-order valence-electron chi connectivity index (χ2n) is 5.73. The zero-order valence-electron chi connectivity index (χ0n) is 7.15. The van der Waals surface area contributed by atoms with Gasteiger partial charge in [-0.05, 0) is 54.8 Å². The molecule has 5 fully saturated rings. The maximum atomic E-state index is 6.13. The molecule has 0 spiro atoms. The van der Waals surface area contributed by atoms with Crippen molar-refractivity contribution in [1.82, 2.24) is 0 Å². The summed E-state index contributed by atoms with van der Waals surface area (Å²) in [5.74, 6) is 6.58. The first kappa shape index (κ1) is 5.64. The molecule has 5 rings (SSSR count). The van der Waals surface area contributed by atoms with Gasteiger partial charge in [-0.1, -0.05) is 0 Å². The highest BCUT2D eigenvalue weighted by Gasteiger charge is 2.73. The molecule has 0 aromatic carbocycles. The molecule has 1 heterocycles. The summed E-state index contributed by atoms with van der Waals surface area (Å²) in [7, 11) is 0. The third-order valence-electron chi connectivity index (χ3n) is 5.84. The molecule has 1 nitrogen and oxygen atoms in total. The number of rotatable bonds is 0. The van der Waals surface area contributed by atoms with E-state index in [1.54, 1.807) is 6.42 Å². The Morgan fingerprint density at radius 3 is 1.83 bits per heavy atom. The standard InChI is InChI=1S/C11H14O/c1-6-4-2-8-10(6)11-7(1)5(4)3-9(11)12-8/h4-11H,1-3H2/t4-,5+,6+,7-,8-,9+,10+,11-. The second-order valence-corrected chi connectivity index (χ2v) is 5.73. The van der Waals surface area contributed by atoms with Crippen LogP contribution in [0.25, 0.3) is 0 Å². The minimum Gasteiger partial charge on any atom is -0.374 e. The Balaban J connectivity index is 1.87. The minimum absolute atomic E-state index is 0.729. The van der Waals surface area contributed by atoms with E-state index in [4.69, 9.17) is 4.74 Å². The SMILES string of the molecule is C1[C@@H]2[C@H]3C[C@@H]4O[C@@H]5C[C@H]3[C@H]1[C@@H]5[C@H]24. The molecule has 0 amide bonds. The van der Waals surface area contributed by atoms with E-state index < -0.39 is 0 Å². The highest BCUT2D eigenvalue weighted by Crippen LogP contribution is 2.74. The van der Waals surface area contributed by atoms with Gasteiger partial charge in [0.2, 0.25) is 0 Å². The fourth-order valence-electron chi connectivity index (χ4n) is 5.87. The monoisotopic (exact) mass is 162 g/mol. The van der Waals surface area contributed by atoms with Crippen LogP contribution in [0.15, 0.2) is 0 Å². The normalized spacial score (nSPS) is 80.0. The van der Waals surface area contributed by atoms with Crippen LogP contribution in [0.1, 0.15) is 19.3 Å². The summed E-state index contributed by atoms with van der Waals surface area (Å²) in [4.78, 5) is 0. The average Bonchev–Trinajstić information content (AvgIpc) is 2.57. The van der Waals surface area contributed by atoms with Crippen LogP contribution in [0.3, 0.4) is 0 Å². The molecule has 0 N–H and O–H groups in total. The molecule has 0 aromatic heterocycles. The van der Waals surface area contributed by atoms with E-state index in [1.807, 2.05) is 0 Å². The van der Waals surface area contributed by atoms with Crippen LogP contribution >= 0.6 is 0 Å². The van der Waals surface area contributed by atoms with Crippen LogP contribution in [0.2, 0.25) is 0 Å². The minimum atomic E-state index is 0.729. The molecule has 1 heteroatoms. The molecule has 4 saturated carbocycles. The smallest absolute Gasteiger partial charge is 0.0616 e. The lowest BCUT2D eigenvalue weighted by Crippen LogP contribution is -2.22. The average molecular weight is 162 g/mol. The molecule has 8 atom stereocenters. The van der Waals surface area contributed by atoms with E-state index >= 15 is 0 Å². The van der Waals surface area contributed by atoms with Crippen molar-refractivity contribution < 1.29 is 4.74 Å². The molecule has 4 aliphatic carbocycles. The fourth-order valence-corrected chi connectivity index (χ4v) is 5.87. The van der Waals surface area contributed by atoms with Crippen LogP contribution in [-0.4, -0.2) is 12.2 Å². The zero-order valence-corrected chi connectivity index (χ0v) is 7.15. The summed E-state index contributed by atoms with van der Waals surface area (Å²) in [6.45, 7) is 0. The van der Waals surface area contributed by atoms with Crippen molar-refractivity contribution in [1.29, 1.82) is 0 Å². The Morgan fingerprint density at radius 2 is 1.25 bits per heavy atom. The van der Waals surface area contributed by atoms with Gasteiger partial charge in [0, 0.05) is 0 Å². The first-order valence-electron chi connectivity index (χ1n) is 5.59. The second kappa shape index (κ2) is 1.39. The van der Waals surface area contributed by atoms with Crippen LogP contribution < -0.4 is 0 Å². The van der Waals surface area contributed by atoms with Gasteiger partial charge in [0.15, 0.2) is 0 Å². The lowest BCUT2D eigenvalue weighted by molar-refractivity contribution is 0.0392. The molecule has 1 saturated heterocycles. The predicted octanol–water partition coefficient (Wildman–Crippen LogP) is 1.68. The van der Waals surface area contributed by atoms with Crippen molar-refractivity contribution in [2.24, 2.45) is 35.5 Å². The molecule has 0 aromatic rings. The Morgan fingerprint density at radius 1 is 0.667 bits per heavy atom. The van der Waals surface area contributed by atoms with Gasteiger partial charge in [-0.2, -0.15) is 0 Å². The maximum Gasteiger partial charge on any atom is 0.0616 e. The quantitative estimate of drug-likeness (QED) is 0.526. The van der Waals surface area contributed by atoms with Gasteiger partial charge in [0.1, 0.15) is 0 Å². The fraction of sp³-hybridized carbons (Fsp3) is 1.00. The Labute approximate surface area is 72.5 Å². The van der Waals surface area contributed by atoms with Gasteiger partial charge < -0.3 is 4.74 Å². The summed E-state index contributed by atoms with van der Waals surface area (Å²) in [6, 6.07) is 0. The predicted molar refractivity (Wildman–Crippen MR) is 43.5 cm³/mol. The molecular formula is C11H14O. The molecule has 12 heavy (non-hydrogen) atoms. The van der Waals surface area contributed by atoms with Crippen LogP contribution in [0.4, 0.5) is 0 Å². The third kappa shape index (κ3) is 0.348. The van der Waals surface area contributed by atoms with Gasteiger partial charge >= 0.3 is 0 Å². The van der Waals surface area contributed by atoms with E-state index in [0.29, 0.717) is 0 Å². The van der Waals surface area contributed by atoms with Gasteiger partial charge in [0.05, 0.1) is 12.2 Å². The Hall–Kier alpha value is -0.0400. The molecule has 1 aliphatic heterocycles. The summed E-state index contributed by atoms with van der Waals surface area (Å²) < 4.78 is 6.13. The summed E-state index contributed by atoms with van der Waals surface area (Å²) in [5.41, 5.74) is 0. The van der Waals surface area contributed by atoms with Gasteiger partial charge in [0.25, 0.3) is 0 Å². The molecule has 64 valence electrons. The van der Waals surface area contributed by atoms with Crippen LogP contribution in [0, 0.1) is 35.5 Å². The van der Waals surface area contributed by atoms with E-state index in [-0.39, 0.29) is 0 Å². The van der Waals surface area contributed by atoms with Crippen molar-refractivity contribution >= 4 is 0 Å². The Bertz CT molecular complexity index is 244. The van der Waals surface area contributed by atoms with Crippen LogP contribution in [-0.2, 0) is 4.74 Å². The molecule has 2 bridgehead atoms. The molecule has 0 radical (unpaired) electrons. The van der Waals surface area contributed by atoms with Crippen molar-refractivity contribution in [3.8, 4) is 0 Å². The molecular weight excluding hydrogens is 148 g/mol. The third-order valence-corrected chi connectivity index (χ3v) is 5.84. The van der Waals surface area contributed by atoms with Crippen LogP contribution in [0.5, 0.6) is 0 Å². The number of fused-ring (bicyclic) bond motifs is 1. The maximum absolute atomic E-state index is 6.13. The van der Waals surface area contributed by atoms with E-state index in [1.165, 1.54) is 12.8 Å². The van der Waals surface area contributed by atoms with Gasteiger partial charge in [-0.3, -0.25) is 0 Å². The summed E-state index contributed by atoms with van der Waals surface area (Å²) >= 11 is 0. The highest BCUT2D eigenvalue weighted by molar-refractivity contribution is 5.20. The largest absolute Gasteiger partial charge is 0.374 e. The van der Waals surface area contributed by atoms with Crippen molar-refractivity contribution in [3.05, 3.63) is 0 Å². The van der Waals surface area contributed by atoms with Crippen molar-refractivity contribution in [2.75, 3.05) is 0 Å². The molecule has 5 aliphatic rings. The lowest BCUT2D eigenvalue weighted by Gasteiger charge is -2.23. The lowest BCUT2D eigenvalue weighted by atomic mass is 9.80. The van der Waals surface area contributed by atoms with E-state index in [2.05, 4.69) is 0 Å².